The normalized spacial score (nSPS) is 17.5. The Morgan fingerprint density at radius 2 is 1.93 bits per heavy atom. The number of guanidine groups is 1. The Labute approximate surface area is 175 Å². The smallest absolute Gasteiger partial charge is 0.410 e. The number of hydrogen-bond acceptors (Lipinski definition) is 5. The topological polar surface area (TPSA) is 112 Å². The van der Waals surface area contributed by atoms with Crippen LogP contribution < -0.4 is 16.4 Å². The van der Waals surface area contributed by atoms with E-state index in [1.807, 2.05) is 27.7 Å². The highest BCUT2D eigenvalue weighted by molar-refractivity contribution is 5.80. The van der Waals surface area contributed by atoms with Gasteiger partial charge >= 0.3 is 6.09 Å². The number of carbonyl (C=O) groups excluding carboxylic acids is 2. The largest absolute Gasteiger partial charge is 0.444 e. The molecule has 1 atom stereocenters. The van der Waals surface area contributed by atoms with Crippen molar-refractivity contribution in [1.82, 2.24) is 20.4 Å². The zero-order chi connectivity index (χ0) is 22.0. The predicted octanol–water partition coefficient (Wildman–Crippen LogP) is 0.994. The highest BCUT2D eigenvalue weighted by Crippen LogP contribution is 2.11. The maximum absolute atomic E-state index is 12.1. The van der Waals surface area contributed by atoms with Gasteiger partial charge in [-0.1, -0.05) is 6.92 Å². The summed E-state index contributed by atoms with van der Waals surface area (Å²) in [6, 6.07) is 0.316. The zero-order valence-corrected chi connectivity index (χ0v) is 19.0. The van der Waals surface area contributed by atoms with Crippen LogP contribution in [-0.4, -0.2) is 85.7 Å². The van der Waals surface area contributed by atoms with Gasteiger partial charge in [-0.25, -0.2) is 4.79 Å². The lowest BCUT2D eigenvalue weighted by Crippen LogP contribution is -2.50. The minimum atomic E-state index is -0.498. The third-order valence-electron chi connectivity index (χ3n) is 4.50. The van der Waals surface area contributed by atoms with Crippen molar-refractivity contribution in [3.05, 3.63) is 0 Å². The lowest BCUT2D eigenvalue weighted by molar-refractivity contribution is -0.119. The molecule has 1 aliphatic heterocycles. The van der Waals surface area contributed by atoms with Crippen molar-refractivity contribution in [2.45, 2.75) is 59.1 Å². The lowest BCUT2D eigenvalue weighted by atomic mass is 10.1. The lowest BCUT2D eigenvalue weighted by Gasteiger charge is -2.32. The number of amides is 2. The van der Waals surface area contributed by atoms with E-state index < -0.39 is 5.60 Å². The average molecular weight is 413 g/mol. The molecule has 1 fully saturated rings. The fraction of sp³-hybridized carbons (Fsp3) is 0.850. The summed E-state index contributed by atoms with van der Waals surface area (Å²) in [5.74, 6) is 0.699. The number of ether oxygens (including phenoxy) is 1. The van der Waals surface area contributed by atoms with Gasteiger partial charge in [-0.15, -0.1) is 0 Å². The third-order valence-corrected chi connectivity index (χ3v) is 4.50. The van der Waals surface area contributed by atoms with Gasteiger partial charge in [0.2, 0.25) is 5.91 Å². The van der Waals surface area contributed by atoms with Crippen LogP contribution in [0.5, 0.6) is 0 Å². The molecule has 168 valence electrons. The van der Waals surface area contributed by atoms with Crippen LogP contribution in [-0.2, 0) is 9.53 Å². The summed E-state index contributed by atoms with van der Waals surface area (Å²) in [6.45, 7) is 13.6. The van der Waals surface area contributed by atoms with E-state index >= 15 is 0 Å². The van der Waals surface area contributed by atoms with E-state index in [0.717, 1.165) is 38.4 Å². The molecule has 1 aliphatic rings. The number of piperidine rings is 1. The summed E-state index contributed by atoms with van der Waals surface area (Å²) in [6.07, 6.45) is 1.56. The van der Waals surface area contributed by atoms with Crippen LogP contribution in [0.15, 0.2) is 4.99 Å². The maximum Gasteiger partial charge on any atom is 0.410 e. The second-order valence-electron chi connectivity index (χ2n) is 8.85. The summed E-state index contributed by atoms with van der Waals surface area (Å²) in [5, 5.41) is 6.77. The van der Waals surface area contributed by atoms with Crippen molar-refractivity contribution in [3.63, 3.8) is 0 Å². The Morgan fingerprint density at radius 1 is 1.31 bits per heavy atom. The molecule has 0 saturated carbocycles. The third kappa shape index (κ3) is 10.9. The molecule has 0 aromatic heterocycles. The average Bonchev–Trinajstić information content (AvgIpc) is 2.59. The van der Waals surface area contributed by atoms with E-state index in [2.05, 4.69) is 27.4 Å². The number of nitrogens with zero attached hydrogens (tertiary/aromatic N) is 3. The molecule has 0 bridgehead atoms. The fourth-order valence-corrected chi connectivity index (χ4v) is 3.16. The van der Waals surface area contributed by atoms with Crippen molar-refractivity contribution in [2.24, 2.45) is 16.6 Å². The number of hydrogen-bond donors (Lipinski definition) is 3. The minimum absolute atomic E-state index is 0.195. The molecule has 0 radical (unpaired) electrons. The van der Waals surface area contributed by atoms with Crippen molar-refractivity contribution in [1.29, 1.82) is 0 Å². The second kappa shape index (κ2) is 11.8. The standard InChI is InChI=1S/C20H40N6O3/c1-7-22-18(24-16-8-10-26(11-9-16)14-17(21)27)23-12-15(2)13-25(6)19(28)29-20(3,4)5/h15-16H,7-14H2,1-6H3,(H2,21,27)(H2,22,23,24). The Bertz CT molecular complexity index is 553. The Balaban J connectivity index is 2.48. The highest BCUT2D eigenvalue weighted by Gasteiger charge is 2.22. The highest BCUT2D eigenvalue weighted by atomic mass is 16.6. The predicted molar refractivity (Wildman–Crippen MR) is 116 cm³/mol. The molecule has 0 spiro atoms. The summed E-state index contributed by atoms with van der Waals surface area (Å²) in [7, 11) is 1.75. The summed E-state index contributed by atoms with van der Waals surface area (Å²) in [4.78, 5) is 31.5. The Hall–Kier alpha value is -2.03. The molecule has 1 saturated heterocycles. The van der Waals surface area contributed by atoms with E-state index in [1.54, 1.807) is 11.9 Å². The molecule has 0 aromatic carbocycles. The quantitative estimate of drug-likeness (QED) is 0.405. The summed E-state index contributed by atoms with van der Waals surface area (Å²) in [5.41, 5.74) is 4.77. The van der Waals surface area contributed by atoms with Crippen LogP contribution in [0.4, 0.5) is 4.79 Å². The molecule has 1 rings (SSSR count). The van der Waals surface area contributed by atoms with E-state index in [0.29, 0.717) is 25.7 Å². The number of nitrogens with one attached hydrogen (secondary N) is 2. The molecule has 4 N–H and O–H groups in total. The van der Waals surface area contributed by atoms with Gasteiger partial charge in [0.05, 0.1) is 6.54 Å². The molecule has 1 unspecified atom stereocenters. The number of rotatable bonds is 8. The van der Waals surface area contributed by atoms with Gasteiger partial charge < -0.3 is 26.0 Å². The molecular weight excluding hydrogens is 372 g/mol. The minimum Gasteiger partial charge on any atom is -0.444 e. The van der Waals surface area contributed by atoms with Crippen LogP contribution in [0, 0.1) is 5.92 Å². The van der Waals surface area contributed by atoms with Crippen LogP contribution >= 0.6 is 0 Å². The molecule has 9 heteroatoms. The number of carbonyl (C=O) groups is 2. The van der Waals surface area contributed by atoms with Crippen molar-refractivity contribution in [3.8, 4) is 0 Å². The molecule has 2 amide bonds. The van der Waals surface area contributed by atoms with Gasteiger partial charge in [-0.2, -0.15) is 0 Å². The Morgan fingerprint density at radius 3 is 2.45 bits per heavy atom. The van der Waals surface area contributed by atoms with Gasteiger partial charge in [0, 0.05) is 45.8 Å². The van der Waals surface area contributed by atoms with Crippen molar-refractivity contribution >= 4 is 18.0 Å². The molecule has 0 aromatic rings. The van der Waals surface area contributed by atoms with Gasteiger partial charge in [-0.3, -0.25) is 14.7 Å². The molecule has 0 aliphatic carbocycles. The zero-order valence-electron chi connectivity index (χ0n) is 19.0. The van der Waals surface area contributed by atoms with Gasteiger partial charge in [0.25, 0.3) is 0 Å². The van der Waals surface area contributed by atoms with Gasteiger partial charge in [0.15, 0.2) is 5.96 Å². The van der Waals surface area contributed by atoms with Crippen molar-refractivity contribution < 1.29 is 14.3 Å². The van der Waals surface area contributed by atoms with Gasteiger partial charge in [-0.05, 0) is 46.5 Å². The molecule has 9 nitrogen and oxygen atoms in total. The monoisotopic (exact) mass is 412 g/mol. The second-order valence-corrected chi connectivity index (χ2v) is 8.85. The van der Waals surface area contributed by atoms with Crippen LogP contribution in [0.2, 0.25) is 0 Å². The Kier molecular flexibility index (Phi) is 10.2. The molecule has 1 heterocycles. The molecule has 29 heavy (non-hydrogen) atoms. The van der Waals surface area contributed by atoms with Crippen LogP contribution in [0.3, 0.4) is 0 Å². The van der Waals surface area contributed by atoms with Gasteiger partial charge in [0.1, 0.15) is 5.60 Å². The maximum atomic E-state index is 12.1. The number of primary amides is 1. The SMILES string of the molecule is CCNC(=NCC(C)CN(C)C(=O)OC(C)(C)C)NC1CCN(CC(N)=O)CC1. The first kappa shape index (κ1) is 25.0. The van der Waals surface area contributed by atoms with E-state index in [4.69, 9.17) is 10.5 Å². The number of aliphatic imine (C=N–C) groups is 1. The first-order valence-corrected chi connectivity index (χ1v) is 10.5. The van der Waals surface area contributed by atoms with E-state index in [-0.39, 0.29) is 17.9 Å². The number of nitrogens with two attached hydrogens (primary N) is 1. The van der Waals surface area contributed by atoms with E-state index in [1.165, 1.54) is 0 Å². The summed E-state index contributed by atoms with van der Waals surface area (Å²) < 4.78 is 5.39. The number of likely N-dealkylation sites (tertiary alicyclic amines) is 1. The first-order valence-electron chi connectivity index (χ1n) is 10.5. The van der Waals surface area contributed by atoms with Crippen LogP contribution in [0.1, 0.15) is 47.5 Å². The van der Waals surface area contributed by atoms with Crippen molar-refractivity contribution in [2.75, 3.05) is 46.3 Å². The first-order chi connectivity index (χ1) is 13.5. The van der Waals surface area contributed by atoms with E-state index in [9.17, 15) is 9.59 Å². The van der Waals surface area contributed by atoms with Crippen LogP contribution in [0.25, 0.3) is 0 Å². The fourth-order valence-electron chi connectivity index (χ4n) is 3.16. The molecular formula is C20H40N6O3. The summed E-state index contributed by atoms with van der Waals surface area (Å²) >= 11 is 0.